The molecular formula is C18H23FN4O2. The molecule has 7 heteroatoms. The molecule has 2 heterocycles. The lowest BCUT2D eigenvalue weighted by molar-refractivity contribution is -0.122. The molecule has 1 atom stereocenters. The Balaban J connectivity index is 1.36. The number of nitrogens with zero attached hydrogens (tertiary/aromatic N) is 3. The molecule has 1 aliphatic rings. The smallest absolute Gasteiger partial charge is 0.234 e. The van der Waals surface area contributed by atoms with Crippen LogP contribution in [0.1, 0.15) is 12.8 Å². The van der Waals surface area contributed by atoms with Crippen molar-refractivity contribution in [3.63, 3.8) is 0 Å². The van der Waals surface area contributed by atoms with E-state index in [2.05, 4.69) is 15.3 Å². The summed E-state index contributed by atoms with van der Waals surface area (Å²) in [6.45, 7) is 2.92. The van der Waals surface area contributed by atoms with Crippen LogP contribution in [-0.2, 0) is 11.3 Å². The zero-order valence-corrected chi connectivity index (χ0v) is 14.1. The molecule has 1 saturated heterocycles. The molecule has 6 nitrogen and oxygen atoms in total. The number of carbonyl (C=O) groups excluding carboxylic acids is 1. The fourth-order valence-electron chi connectivity index (χ4n) is 3.06. The van der Waals surface area contributed by atoms with Crippen LogP contribution in [0.15, 0.2) is 42.7 Å². The number of likely N-dealkylation sites (tertiary alicyclic amines) is 1. The van der Waals surface area contributed by atoms with Crippen LogP contribution in [0.5, 0.6) is 5.75 Å². The van der Waals surface area contributed by atoms with Crippen molar-refractivity contribution in [3.05, 3.63) is 48.5 Å². The summed E-state index contributed by atoms with van der Waals surface area (Å²) in [5, 5.41) is 7.11. The van der Waals surface area contributed by atoms with Crippen molar-refractivity contribution in [3.8, 4) is 5.75 Å². The molecule has 1 N–H and O–H groups in total. The molecule has 1 aromatic carbocycles. The van der Waals surface area contributed by atoms with E-state index in [-0.39, 0.29) is 11.7 Å². The highest BCUT2D eigenvalue weighted by atomic mass is 19.1. The van der Waals surface area contributed by atoms with Crippen molar-refractivity contribution in [2.45, 2.75) is 25.4 Å². The van der Waals surface area contributed by atoms with Gasteiger partial charge in [-0.1, -0.05) is 0 Å². The van der Waals surface area contributed by atoms with E-state index in [9.17, 15) is 9.18 Å². The molecule has 1 amide bonds. The minimum absolute atomic E-state index is 0.00456. The van der Waals surface area contributed by atoms with Gasteiger partial charge in [0.05, 0.1) is 19.6 Å². The Bertz CT molecular complexity index is 660. The number of benzene rings is 1. The Morgan fingerprint density at radius 2 is 2.20 bits per heavy atom. The third-order valence-corrected chi connectivity index (χ3v) is 4.31. The van der Waals surface area contributed by atoms with Gasteiger partial charge in [-0.3, -0.25) is 14.4 Å². The van der Waals surface area contributed by atoms with Crippen molar-refractivity contribution in [1.29, 1.82) is 0 Å². The van der Waals surface area contributed by atoms with E-state index >= 15 is 0 Å². The Labute approximate surface area is 146 Å². The molecular weight excluding hydrogens is 323 g/mol. The molecule has 0 saturated carbocycles. The maximum atomic E-state index is 12.8. The first-order valence-corrected chi connectivity index (χ1v) is 8.57. The quantitative estimate of drug-likeness (QED) is 0.739. The van der Waals surface area contributed by atoms with Crippen molar-refractivity contribution in [1.82, 2.24) is 20.0 Å². The molecule has 3 rings (SSSR count). The average Bonchev–Trinajstić information content (AvgIpc) is 3.26. The number of amides is 1. The van der Waals surface area contributed by atoms with Gasteiger partial charge in [0.1, 0.15) is 18.2 Å². The lowest BCUT2D eigenvalue weighted by atomic mass is 10.2. The summed E-state index contributed by atoms with van der Waals surface area (Å²) in [6, 6.07) is 8.10. The summed E-state index contributed by atoms with van der Waals surface area (Å²) >= 11 is 0. The monoisotopic (exact) mass is 346 g/mol. The van der Waals surface area contributed by atoms with E-state index in [1.165, 1.54) is 12.1 Å². The topological polar surface area (TPSA) is 59.4 Å². The highest BCUT2D eigenvalue weighted by molar-refractivity contribution is 5.78. The first-order valence-electron chi connectivity index (χ1n) is 8.57. The maximum Gasteiger partial charge on any atom is 0.234 e. The maximum absolute atomic E-state index is 12.8. The molecule has 0 unspecified atom stereocenters. The molecule has 1 aromatic heterocycles. The molecule has 25 heavy (non-hydrogen) atoms. The number of carbonyl (C=O) groups is 1. The van der Waals surface area contributed by atoms with Crippen LogP contribution in [-0.4, -0.2) is 52.9 Å². The number of aromatic nitrogens is 2. The Morgan fingerprint density at radius 1 is 1.36 bits per heavy atom. The Morgan fingerprint density at radius 3 is 2.96 bits per heavy atom. The van der Waals surface area contributed by atoms with Gasteiger partial charge in [0.2, 0.25) is 5.91 Å². The van der Waals surface area contributed by atoms with Crippen LogP contribution in [0.2, 0.25) is 0 Å². The van der Waals surface area contributed by atoms with Gasteiger partial charge in [0.15, 0.2) is 0 Å². The van der Waals surface area contributed by atoms with E-state index in [1.807, 2.05) is 16.9 Å². The average molecular weight is 346 g/mol. The fourth-order valence-corrected chi connectivity index (χ4v) is 3.06. The highest BCUT2D eigenvalue weighted by Gasteiger charge is 2.26. The van der Waals surface area contributed by atoms with Gasteiger partial charge in [0.25, 0.3) is 0 Å². The summed E-state index contributed by atoms with van der Waals surface area (Å²) < 4.78 is 20.2. The number of rotatable bonds is 8. The van der Waals surface area contributed by atoms with E-state index in [0.29, 0.717) is 31.5 Å². The van der Waals surface area contributed by atoms with Gasteiger partial charge in [-0.25, -0.2) is 4.39 Å². The van der Waals surface area contributed by atoms with Gasteiger partial charge in [0, 0.05) is 18.4 Å². The number of hydrogen-bond donors (Lipinski definition) is 1. The Hall–Kier alpha value is -2.41. The van der Waals surface area contributed by atoms with E-state index in [0.717, 1.165) is 25.9 Å². The second-order valence-electron chi connectivity index (χ2n) is 6.15. The minimum Gasteiger partial charge on any atom is -0.492 e. The van der Waals surface area contributed by atoms with Crippen molar-refractivity contribution in [2.24, 2.45) is 0 Å². The summed E-state index contributed by atoms with van der Waals surface area (Å²) in [7, 11) is 0. The summed E-state index contributed by atoms with van der Waals surface area (Å²) in [4.78, 5) is 14.3. The normalized spacial score (nSPS) is 17.6. The lowest BCUT2D eigenvalue weighted by Crippen LogP contribution is -2.42. The zero-order chi connectivity index (χ0) is 17.5. The Kier molecular flexibility index (Phi) is 6.00. The SMILES string of the molecule is O=C(CN1CCC[C@H]1Cn1cccn1)NCCOc1ccc(F)cc1. The number of hydrogen-bond acceptors (Lipinski definition) is 4. The van der Waals surface area contributed by atoms with E-state index < -0.39 is 0 Å². The molecule has 0 aliphatic carbocycles. The van der Waals surface area contributed by atoms with Crippen LogP contribution >= 0.6 is 0 Å². The third kappa shape index (κ3) is 5.29. The van der Waals surface area contributed by atoms with Gasteiger partial charge in [-0.2, -0.15) is 5.10 Å². The van der Waals surface area contributed by atoms with Crippen molar-refractivity contribution >= 4 is 5.91 Å². The summed E-state index contributed by atoms with van der Waals surface area (Å²) in [5.74, 6) is 0.292. The molecule has 0 bridgehead atoms. The van der Waals surface area contributed by atoms with Gasteiger partial charge in [-0.15, -0.1) is 0 Å². The van der Waals surface area contributed by atoms with Crippen LogP contribution in [0, 0.1) is 5.82 Å². The van der Waals surface area contributed by atoms with Crippen LogP contribution in [0.3, 0.4) is 0 Å². The van der Waals surface area contributed by atoms with Gasteiger partial charge in [-0.05, 0) is 49.7 Å². The molecule has 1 fully saturated rings. The first-order chi connectivity index (χ1) is 12.2. The van der Waals surface area contributed by atoms with Gasteiger partial charge >= 0.3 is 0 Å². The molecule has 0 spiro atoms. The lowest BCUT2D eigenvalue weighted by Gasteiger charge is -2.23. The third-order valence-electron chi connectivity index (χ3n) is 4.31. The van der Waals surface area contributed by atoms with E-state index in [1.54, 1.807) is 18.3 Å². The molecule has 134 valence electrons. The second kappa shape index (κ2) is 8.62. The van der Waals surface area contributed by atoms with Crippen LogP contribution in [0.4, 0.5) is 4.39 Å². The fraction of sp³-hybridized carbons (Fsp3) is 0.444. The van der Waals surface area contributed by atoms with Gasteiger partial charge < -0.3 is 10.1 Å². The molecule has 0 radical (unpaired) electrons. The van der Waals surface area contributed by atoms with Crippen molar-refractivity contribution < 1.29 is 13.9 Å². The number of halogens is 1. The zero-order valence-electron chi connectivity index (χ0n) is 14.1. The molecule has 1 aliphatic heterocycles. The minimum atomic E-state index is -0.295. The van der Waals surface area contributed by atoms with Crippen molar-refractivity contribution in [2.75, 3.05) is 26.2 Å². The predicted molar refractivity (Wildman–Crippen MR) is 91.7 cm³/mol. The highest BCUT2D eigenvalue weighted by Crippen LogP contribution is 2.18. The standard InChI is InChI=1S/C18H23FN4O2/c19-15-4-6-17(7-5-15)25-12-9-20-18(24)14-22-10-1-3-16(22)13-23-11-2-8-21-23/h2,4-8,11,16H,1,3,9-10,12-14H2,(H,20,24)/t16-/m0/s1. The molecule has 2 aromatic rings. The first kappa shape index (κ1) is 17.4. The van der Waals surface area contributed by atoms with E-state index in [4.69, 9.17) is 4.74 Å². The number of ether oxygens (including phenoxy) is 1. The van der Waals surface area contributed by atoms with Crippen LogP contribution in [0.25, 0.3) is 0 Å². The largest absolute Gasteiger partial charge is 0.492 e. The van der Waals surface area contributed by atoms with Crippen LogP contribution < -0.4 is 10.1 Å². The second-order valence-corrected chi connectivity index (χ2v) is 6.15. The predicted octanol–water partition coefficient (Wildman–Crippen LogP) is 1.68. The number of nitrogens with one attached hydrogen (secondary N) is 1. The summed E-state index contributed by atoms with van der Waals surface area (Å²) in [6.07, 6.45) is 5.91. The summed E-state index contributed by atoms with van der Waals surface area (Å²) in [5.41, 5.74) is 0.